The molecule has 33 heavy (non-hydrogen) atoms. The van der Waals surface area contributed by atoms with Crippen molar-refractivity contribution in [3.63, 3.8) is 0 Å². The van der Waals surface area contributed by atoms with Crippen molar-refractivity contribution in [1.82, 2.24) is 9.78 Å². The number of nitrogens with zero attached hydrogens (tertiary/aromatic N) is 2. The largest absolute Gasteiger partial charge is 0.492 e. The monoisotopic (exact) mass is 467 g/mol. The number of amides is 1. The van der Waals surface area contributed by atoms with E-state index in [2.05, 4.69) is 10.4 Å². The highest BCUT2D eigenvalue weighted by molar-refractivity contribution is 7.93. The van der Waals surface area contributed by atoms with E-state index >= 15 is 0 Å². The lowest BCUT2D eigenvalue weighted by Crippen LogP contribution is -2.47. The molecule has 4 rings (SSSR count). The summed E-state index contributed by atoms with van der Waals surface area (Å²) in [7, 11) is -3.88. The van der Waals surface area contributed by atoms with Gasteiger partial charge in [0.05, 0.1) is 11.4 Å². The van der Waals surface area contributed by atoms with Gasteiger partial charge in [0.25, 0.3) is 0 Å². The molecule has 0 unspecified atom stereocenters. The average Bonchev–Trinajstić information content (AvgIpc) is 3.49. The Morgan fingerprint density at radius 3 is 2.64 bits per heavy atom. The number of carbonyl (C=O) groups is 1. The van der Waals surface area contributed by atoms with E-state index in [0.29, 0.717) is 55.8 Å². The van der Waals surface area contributed by atoms with Gasteiger partial charge in [0.1, 0.15) is 12.4 Å². The number of hydrogen-bond acceptors (Lipinski definition) is 5. The number of rotatable bonds is 8. The lowest BCUT2D eigenvalue weighted by molar-refractivity contribution is -0.118. The van der Waals surface area contributed by atoms with Crippen molar-refractivity contribution in [3.8, 4) is 5.75 Å². The first kappa shape index (κ1) is 23.0. The second-order valence-corrected chi connectivity index (χ2v) is 10.8. The molecule has 0 radical (unpaired) electrons. The van der Waals surface area contributed by atoms with Crippen molar-refractivity contribution in [2.45, 2.75) is 55.7 Å². The molecule has 0 atom stereocenters. The number of nitrogens with one attached hydrogen (secondary N) is 1. The van der Waals surface area contributed by atoms with Gasteiger partial charge < -0.3 is 10.1 Å². The molecule has 3 aromatic rings. The molecule has 0 bridgehead atoms. The van der Waals surface area contributed by atoms with E-state index in [1.807, 2.05) is 25.3 Å². The summed E-state index contributed by atoms with van der Waals surface area (Å²) in [5.74, 6) is 0.118. The fourth-order valence-corrected chi connectivity index (χ4v) is 6.74. The van der Waals surface area contributed by atoms with E-state index < -0.39 is 20.5 Å². The lowest BCUT2D eigenvalue weighted by Gasteiger charge is -2.28. The third-order valence-corrected chi connectivity index (χ3v) is 8.85. The van der Waals surface area contributed by atoms with Crippen LogP contribution < -0.4 is 10.1 Å². The van der Waals surface area contributed by atoms with Gasteiger partial charge in [0.15, 0.2) is 14.6 Å². The molecule has 0 saturated heterocycles. The van der Waals surface area contributed by atoms with Crippen molar-refractivity contribution in [3.05, 3.63) is 72.1 Å². The molecule has 1 amide bonds. The summed E-state index contributed by atoms with van der Waals surface area (Å²) in [6.07, 6.45) is 5.60. The van der Waals surface area contributed by atoms with Crippen LogP contribution in [0.3, 0.4) is 0 Å². The predicted molar refractivity (Wildman–Crippen MR) is 127 cm³/mol. The minimum atomic E-state index is -3.88. The van der Waals surface area contributed by atoms with Gasteiger partial charge in [0.2, 0.25) is 5.91 Å². The Labute approximate surface area is 194 Å². The van der Waals surface area contributed by atoms with Crippen molar-refractivity contribution >= 4 is 21.4 Å². The SMILES string of the molecule is Cc1ccc(C)c(S(=O)(=O)C2(C(=O)Nc3cccc(OCCn4cccn4)c3)CCCC2)c1. The molecule has 1 aliphatic carbocycles. The summed E-state index contributed by atoms with van der Waals surface area (Å²) in [6.45, 7) is 4.65. The molecule has 1 heterocycles. The zero-order valence-electron chi connectivity index (χ0n) is 19.0. The normalized spacial score (nSPS) is 15.3. The molecule has 8 heteroatoms. The molecule has 1 N–H and O–H groups in total. The second-order valence-electron chi connectivity index (χ2n) is 8.57. The number of anilines is 1. The van der Waals surface area contributed by atoms with Crippen LogP contribution in [0.25, 0.3) is 0 Å². The van der Waals surface area contributed by atoms with Gasteiger partial charge in [-0.2, -0.15) is 5.10 Å². The minimum absolute atomic E-state index is 0.246. The lowest BCUT2D eigenvalue weighted by atomic mass is 10.1. The van der Waals surface area contributed by atoms with E-state index in [1.54, 1.807) is 54.2 Å². The molecular formula is C25H29N3O4S. The maximum Gasteiger partial charge on any atom is 0.246 e. The molecule has 1 saturated carbocycles. The van der Waals surface area contributed by atoms with E-state index in [-0.39, 0.29) is 4.90 Å². The Hall–Kier alpha value is -3.13. The molecule has 0 spiro atoms. The number of hydrogen-bond donors (Lipinski definition) is 1. The van der Waals surface area contributed by atoms with Crippen LogP contribution in [0.4, 0.5) is 5.69 Å². The molecule has 1 fully saturated rings. The third kappa shape index (κ3) is 4.66. The standard InChI is InChI=1S/C25H29N3O4S/c1-19-9-10-20(2)23(17-19)33(30,31)25(11-3-4-12-25)24(29)27-21-7-5-8-22(18-21)32-16-15-28-14-6-13-26-28/h5-10,13-14,17-18H,3-4,11-12,15-16H2,1-2H3,(H,27,29). The summed E-state index contributed by atoms with van der Waals surface area (Å²) < 4.78 is 33.7. The Bertz CT molecular complexity index is 1230. The quantitative estimate of drug-likeness (QED) is 0.533. The Kier molecular flexibility index (Phi) is 6.56. The van der Waals surface area contributed by atoms with Crippen LogP contribution >= 0.6 is 0 Å². The van der Waals surface area contributed by atoms with Crippen LogP contribution in [0.5, 0.6) is 5.75 Å². The number of aryl methyl sites for hydroxylation is 2. The Morgan fingerprint density at radius 2 is 1.91 bits per heavy atom. The molecular weight excluding hydrogens is 438 g/mol. The van der Waals surface area contributed by atoms with Gasteiger partial charge >= 0.3 is 0 Å². The summed E-state index contributed by atoms with van der Waals surface area (Å²) in [4.78, 5) is 13.7. The number of sulfone groups is 1. The molecule has 2 aromatic carbocycles. The highest BCUT2D eigenvalue weighted by Crippen LogP contribution is 2.42. The van der Waals surface area contributed by atoms with Gasteiger partial charge in [-0.05, 0) is 62.1 Å². The summed E-state index contributed by atoms with van der Waals surface area (Å²) in [6, 6.07) is 14.2. The molecule has 174 valence electrons. The fourth-order valence-electron chi connectivity index (χ4n) is 4.37. The van der Waals surface area contributed by atoms with Crippen LogP contribution in [0.2, 0.25) is 0 Å². The first-order chi connectivity index (χ1) is 15.8. The predicted octanol–water partition coefficient (Wildman–Crippen LogP) is 4.30. The molecule has 1 aromatic heterocycles. The van der Waals surface area contributed by atoms with Crippen LogP contribution in [0, 0.1) is 13.8 Å². The topological polar surface area (TPSA) is 90.3 Å². The molecule has 0 aliphatic heterocycles. The number of ether oxygens (including phenoxy) is 1. The van der Waals surface area contributed by atoms with Crippen LogP contribution in [-0.4, -0.2) is 35.5 Å². The average molecular weight is 468 g/mol. The van der Waals surface area contributed by atoms with Crippen LogP contribution in [0.15, 0.2) is 65.8 Å². The first-order valence-corrected chi connectivity index (χ1v) is 12.6. The molecule has 7 nitrogen and oxygen atoms in total. The first-order valence-electron chi connectivity index (χ1n) is 11.2. The van der Waals surface area contributed by atoms with E-state index in [4.69, 9.17) is 4.74 Å². The number of benzene rings is 2. The van der Waals surface area contributed by atoms with Gasteiger partial charge in [-0.15, -0.1) is 0 Å². The second kappa shape index (κ2) is 9.39. The minimum Gasteiger partial charge on any atom is -0.492 e. The zero-order valence-corrected chi connectivity index (χ0v) is 19.8. The summed E-state index contributed by atoms with van der Waals surface area (Å²) in [5.41, 5.74) is 2.03. The van der Waals surface area contributed by atoms with Crippen molar-refractivity contribution in [2.75, 3.05) is 11.9 Å². The van der Waals surface area contributed by atoms with E-state index in [0.717, 1.165) is 5.56 Å². The zero-order chi connectivity index (χ0) is 23.5. The number of aromatic nitrogens is 2. The number of carbonyl (C=O) groups excluding carboxylic acids is 1. The van der Waals surface area contributed by atoms with Crippen molar-refractivity contribution in [1.29, 1.82) is 0 Å². The van der Waals surface area contributed by atoms with Gasteiger partial charge in [-0.1, -0.05) is 31.0 Å². The third-order valence-electron chi connectivity index (χ3n) is 6.21. The van der Waals surface area contributed by atoms with Crippen LogP contribution in [-0.2, 0) is 21.2 Å². The highest BCUT2D eigenvalue weighted by atomic mass is 32.2. The maximum absolute atomic E-state index is 13.8. The van der Waals surface area contributed by atoms with E-state index in [9.17, 15) is 13.2 Å². The van der Waals surface area contributed by atoms with Crippen LogP contribution in [0.1, 0.15) is 36.8 Å². The van der Waals surface area contributed by atoms with E-state index in [1.165, 1.54) is 0 Å². The smallest absolute Gasteiger partial charge is 0.246 e. The molecule has 1 aliphatic rings. The Morgan fingerprint density at radius 1 is 1.12 bits per heavy atom. The van der Waals surface area contributed by atoms with Crippen molar-refractivity contribution in [2.24, 2.45) is 0 Å². The van der Waals surface area contributed by atoms with Crippen molar-refractivity contribution < 1.29 is 17.9 Å². The fraction of sp³-hybridized carbons (Fsp3) is 0.360. The Balaban J connectivity index is 1.54. The maximum atomic E-state index is 13.8. The summed E-state index contributed by atoms with van der Waals surface area (Å²) in [5, 5.41) is 7.00. The highest BCUT2D eigenvalue weighted by Gasteiger charge is 2.53. The van der Waals surface area contributed by atoms with Gasteiger partial charge in [-0.25, -0.2) is 8.42 Å². The van der Waals surface area contributed by atoms with Gasteiger partial charge in [0, 0.05) is 24.1 Å². The summed E-state index contributed by atoms with van der Waals surface area (Å²) >= 11 is 0. The van der Waals surface area contributed by atoms with Gasteiger partial charge in [-0.3, -0.25) is 9.48 Å².